The fraction of sp³-hybridized carbons (Fsp3) is 0.447. The number of benzene rings is 3. The number of primary amides is 2. The predicted molar refractivity (Wildman–Crippen MR) is 259 cm³/mol. The molecule has 0 saturated carbocycles. The van der Waals surface area contributed by atoms with E-state index in [-0.39, 0.29) is 74.3 Å². The van der Waals surface area contributed by atoms with Crippen LogP contribution in [0.1, 0.15) is 66.7 Å². The van der Waals surface area contributed by atoms with Crippen LogP contribution in [-0.2, 0) is 98.6 Å². The number of amides is 4. The van der Waals surface area contributed by atoms with Gasteiger partial charge in [-0.3, -0.25) is 24.0 Å². The summed E-state index contributed by atoms with van der Waals surface area (Å²) in [6.07, 6.45) is -10.4. The van der Waals surface area contributed by atoms with Crippen LogP contribution in [0.4, 0.5) is 14.4 Å². The molecular weight excluding hydrogens is 1060 g/mol. The molecule has 0 radical (unpaired) electrons. The van der Waals surface area contributed by atoms with Crippen LogP contribution in [-0.4, -0.2) is 138 Å². The van der Waals surface area contributed by atoms with Crippen LogP contribution < -0.4 is 34.6 Å². The topological polar surface area (TPSA) is 407 Å². The first-order valence-electron chi connectivity index (χ1n) is 23.4. The Kier molecular flexibility index (Phi) is 22.3. The van der Waals surface area contributed by atoms with E-state index in [0.717, 1.165) is 46.2 Å². The number of hydrogen-bond acceptors (Lipinski definition) is 24. The number of nitrogens with one attached hydrogen (secondary N) is 1. The van der Waals surface area contributed by atoms with E-state index in [2.05, 4.69) is 15.3 Å². The van der Waals surface area contributed by atoms with E-state index < -0.39 is 114 Å². The molecule has 3 aromatic rings. The summed E-state index contributed by atoms with van der Waals surface area (Å²) < 4.78 is 98.6. The number of carbonyl (C=O) groups excluding carboxylic acids is 8. The molecule has 78 heavy (non-hydrogen) atoms. The SMILES string of the molecule is CC(=O)OC[C@@H]1O[C@H](Oc2ccc(C(=O)NCCOCCN=[N+]=[N-])cc2OS(=O)(=O)Oc2ccc(COc3c(COC(N)=O)cc(COC(N)=O)cc3COC(=O)N3CCC3)cc2)[C@@H](OC(C)=O)[C@H](OC(C)=O)[C@@H]1OC(C)=O. The van der Waals surface area contributed by atoms with Crippen molar-refractivity contribution < 1.29 is 107 Å². The Morgan fingerprint density at radius 1 is 0.718 bits per heavy atom. The standard InChI is InChI=1S/C47H55N7O23S/c1-26(55)66-25-38-40(71-27(2)56)41(72-28(3)57)42(73-29(4)58)44(75-38)74-36-11-8-32(43(59)51-12-16-65-17-13-52-53-50)20-37(36)77-78(63,64)76-35-9-6-30(7-10-35)21-67-39-33(23-69-46(49)61)18-31(22-68-45(48)60)19-34(39)24-70-47(62)54-14-5-15-54/h6-11,18-20,38,40-42,44H,5,12-17,21-25H2,1-4H3,(H2,48,60)(H2,49,61)(H,51,59)/t38-,40+,41+,42-,44-/m0/s1. The molecule has 5 rings (SSSR count). The maximum atomic E-state index is 13.8. The van der Waals surface area contributed by atoms with Crippen LogP contribution in [0.2, 0.25) is 0 Å². The number of nitrogens with zero attached hydrogens (tertiary/aromatic N) is 4. The maximum absolute atomic E-state index is 13.8. The van der Waals surface area contributed by atoms with Crippen molar-refractivity contribution in [1.82, 2.24) is 10.2 Å². The van der Waals surface area contributed by atoms with Gasteiger partial charge in [-0.05, 0) is 65.5 Å². The third kappa shape index (κ3) is 19.1. The zero-order valence-electron chi connectivity index (χ0n) is 42.3. The Morgan fingerprint density at radius 2 is 1.35 bits per heavy atom. The summed E-state index contributed by atoms with van der Waals surface area (Å²) in [6, 6.07) is 11.5. The molecule has 3 aromatic carbocycles. The average molecular weight is 1120 g/mol. The minimum atomic E-state index is -5.20. The van der Waals surface area contributed by atoms with E-state index in [1.807, 2.05) is 0 Å². The van der Waals surface area contributed by atoms with Gasteiger partial charge in [-0.1, -0.05) is 17.2 Å². The molecule has 2 heterocycles. The van der Waals surface area contributed by atoms with Crippen LogP contribution in [0, 0.1) is 0 Å². The molecule has 5 atom stereocenters. The fourth-order valence-electron chi connectivity index (χ4n) is 7.20. The molecule has 0 aliphatic carbocycles. The lowest BCUT2D eigenvalue weighted by molar-refractivity contribution is -0.288. The molecule has 2 fully saturated rings. The second-order valence-corrected chi connectivity index (χ2v) is 17.7. The van der Waals surface area contributed by atoms with Crippen molar-refractivity contribution in [2.45, 2.75) is 91.2 Å². The average Bonchev–Trinajstić information content (AvgIpc) is 3.42. The Hall–Kier alpha value is -8.80. The number of rotatable bonds is 27. The van der Waals surface area contributed by atoms with Gasteiger partial charge < -0.3 is 82.2 Å². The maximum Gasteiger partial charge on any atom is 0.501 e. The van der Waals surface area contributed by atoms with Gasteiger partial charge in [0.15, 0.2) is 23.7 Å². The Bertz CT molecular complexity index is 2830. The quantitative estimate of drug-likeness (QED) is 0.0246. The molecule has 0 aromatic heterocycles. The number of likely N-dealkylation sites (tertiary alicyclic amines) is 1. The molecule has 0 bridgehead atoms. The molecule has 31 heteroatoms. The van der Waals surface area contributed by atoms with Gasteiger partial charge in [0.1, 0.15) is 50.6 Å². The molecule has 422 valence electrons. The molecule has 0 spiro atoms. The van der Waals surface area contributed by atoms with Crippen LogP contribution in [0.25, 0.3) is 10.4 Å². The molecule has 2 aliphatic heterocycles. The molecule has 5 N–H and O–H groups in total. The first-order chi connectivity index (χ1) is 37.1. The lowest BCUT2D eigenvalue weighted by atomic mass is 9.98. The molecule has 30 nitrogen and oxygen atoms in total. The van der Waals surface area contributed by atoms with Gasteiger partial charge in [0.25, 0.3) is 5.91 Å². The number of nitrogens with two attached hydrogens (primary N) is 2. The number of hydrogen-bond donors (Lipinski definition) is 3. The Balaban J connectivity index is 1.43. The normalized spacial score (nSPS) is 17.5. The largest absolute Gasteiger partial charge is 0.501 e. The Morgan fingerprint density at radius 3 is 1.95 bits per heavy atom. The van der Waals surface area contributed by atoms with Crippen molar-refractivity contribution in [1.29, 1.82) is 0 Å². The number of ether oxygens (including phenoxy) is 11. The number of esters is 4. The van der Waals surface area contributed by atoms with Crippen LogP contribution in [0.3, 0.4) is 0 Å². The zero-order chi connectivity index (χ0) is 56.9. The van der Waals surface area contributed by atoms with Gasteiger partial charge in [-0.2, -0.15) is 0 Å². The van der Waals surface area contributed by atoms with Crippen LogP contribution in [0.15, 0.2) is 59.7 Å². The minimum absolute atomic E-state index is 0.0139. The second kappa shape index (κ2) is 28.9. The van der Waals surface area contributed by atoms with E-state index in [4.69, 9.17) is 77.5 Å². The number of carbonyl (C=O) groups is 8. The van der Waals surface area contributed by atoms with Crippen LogP contribution in [0.5, 0.6) is 23.0 Å². The predicted octanol–water partition coefficient (Wildman–Crippen LogP) is 3.02. The monoisotopic (exact) mass is 1120 g/mol. The van der Waals surface area contributed by atoms with Gasteiger partial charge in [0.05, 0.1) is 13.2 Å². The summed E-state index contributed by atoms with van der Waals surface area (Å²) in [7, 11) is -5.20. The van der Waals surface area contributed by atoms with Gasteiger partial charge in [0.2, 0.25) is 12.4 Å². The lowest BCUT2D eigenvalue weighted by Gasteiger charge is -2.43. The third-order valence-electron chi connectivity index (χ3n) is 10.5. The van der Waals surface area contributed by atoms with E-state index in [0.29, 0.717) is 24.2 Å². The zero-order valence-corrected chi connectivity index (χ0v) is 43.1. The van der Waals surface area contributed by atoms with Crippen molar-refractivity contribution >= 4 is 58.5 Å². The molecule has 0 unspecified atom stereocenters. The minimum Gasteiger partial charge on any atom is -0.488 e. The highest BCUT2D eigenvalue weighted by Crippen LogP contribution is 2.37. The van der Waals surface area contributed by atoms with Crippen molar-refractivity contribution in [2.24, 2.45) is 16.6 Å². The van der Waals surface area contributed by atoms with Gasteiger partial charge in [0, 0.05) is 75.5 Å². The summed E-state index contributed by atoms with van der Waals surface area (Å²) >= 11 is 0. The van der Waals surface area contributed by atoms with E-state index in [9.17, 15) is 46.8 Å². The fourth-order valence-corrected chi connectivity index (χ4v) is 7.93. The molecular formula is C47H55N7O23S. The number of azide groups is 1. The van der Waals surface area contributed by atoms with E-state index in [1.54, 1.807) is 0 Å². The van der Waals surface area contributed by atoms with Crippen molar-refractivity contribution in [2.75, 3.05) is 46.0 Å². The second-order valence-electron chi connectivity index (χ2n) is 16.5. The summed E-state index contributed by atoms with van der Waals surface area (Å²) in [5.41, 5.74) is 19.9. The van der Waals surface area contributed by atoms with Crippen molar-refractivity contribution in [3.8, 4) is 23.0 Å². The first kappa shape index (κ1) is 60.1. The van der Waals surface area contributed by atoms with Crippen molar-refractivity contribution in [3.63, 3.8) is 0 Å². The van der Waals surface area contributed by atoms with Crippen molar-refractivity contribution in [3.05, 3.63) is 92.9 Å². The smallest absolute Gasteiger partial charge is 0.488 e. The summed E-state index contributed by atoms with van der Waals surface area (Å²) in [5, 5.41) is 5.90. The first-order valence-corrected chi connectivity index (χ1v) is 24.7. The van der Waals surface area contributed by atoms with E-state index >= 15 is 0 Å². The highest BCUT2D eigenvalue weighted by molar-refractivity contribution is 7.82. The lowest BCUT2D eigenvalue weighted by Crippen LogP contribution is -2.63. The third-order valence-corrected chi connectivity index (χ3v) is 11.3. The summed E-state index contributed by atoms with van der Waals surface area (Å²) in [6.45, 7) is 3.18. The van der Waals surface area contributed by atoms with Gasteiger partial charge >= 0.3 is 52.6 Å². The van der Waals surface area contributed by atoms with Crippen LogP contribution >= 0.6 is 0 Å². The molecule has 2 saturated heterocycles. The highest BCUT2D eigenvalue weighted by Gasteiger charge is 2.53. The molecule has 2 aliphatic rings. The summed E-state index contributed by atoms with van der Waals surface area (Å²) in [5.74, 6) is -5.84. The van der Waals surface area contributed by atoms with Gasteiger partial charge in [-0.25, -0.2) is 14.4 Å². The van der Waals surface area contributed by atoms with E-state index in [1.165, 1.54) is 47.4 Å². The Labute approximate surface area is 444 Å². The highest BCUT2D eigenvalue weighted by atomic mass is 32.3. The molecule has 4 amide bonds. The summed E-state index contributed by atoms with van der Waals surface area (Å²) in [4.78, 5) is 102. The van der Waals surface area contributed by atoms with Gasteiger partial charge in [-0.15, -0.1) is 8.42 Å².